The van der Waals surface area contributed by atoms with Crippen LogP contribution in [0.15, 0.2) is 47.8 Å². The van der Waals surface area contributed by atoms with Crippen LogP contribution in [0, 0.1) is 0 Å². The Labute approximate surface area is 157 Å². The van der Waals surface area contributed by atoms with Crippen molar-refractivity contribution in [3.05, 3.63) is 70.1 Å². The predicted octanol–water partition coefficient (Wildman–Crippen LogP) is 5.57. The molecule has 1 aliphatic carbocycles. The first-order valence-corrected chi connectivity index (χ1v) is 9.35. The first-order chi connectivity index (χ1) is 12.9. The van der Waals surface area contributed by atoms with Crippen molar-refractivity contribution < 1.29 is 18.0 Å². The fourth-order valence-electron chi connectivity index (χ4n) is 3.29. The third-order valence-electron chi connectivity index (χ3n) is 4.60. The number of aryl methyl sites for hydroxylation is 2. The predicted molar refractivity (Wildman–Crippen MR) is 99.0 cm³/mol. The van der Waals surface area contributed by atoms with Crippen LogP contribution in [0.1, 0.15) is 33.5 Å². The zero-order chi connectivity index (χ0) is 19.0. The highest BCUT2D eigenvalue weighted by Crippen LogP contribution is 2.33. The molecule has 27 heavy (non-hydrogen) atoms. The molecule has 0 saturated heterocycles. The molecule has 0 fully saturated rings. The summed E-state index contributed by atoms with van der Waals surface area (Å²) in [5, 5.41) is 4.55. The van der Waals surface area contributed by atoms with Gasteiger partial charge in [0.25, 0.3) is 5.91 Å². The molecule has 4 rings (SSSR count). The van der Waals surface area contributed by atoms with Gasteiger partial charge in [-0.2, -0.15) is 13.2 Å². The Morgan fingerprint density at radius 2 is 1.85 bits per heavy atom. The summed E-state index contributed by atoms with van der Waals surface area (Å²) in [7, 11) is 0. The first kappa shape index (κ1) is 17.7. The lowest BCUT2D eigenvalue weighted by Gasteiger charge is -2.11. The Hall–Kier alpha value is -2.67. The molecule has 3 nitrogen and oxygen atoms in total. The molecule has 0 aliphatic heterocycles. The van der Waals surface area contributed by atoms with E-state index in [1.807, 2.05) is 6.07 Å². The van der Waals surface area contributed by atoms with Gasteiger partial charge in [0.2, 0.25) is 0 Å². The number of nitrogens with zero attached hydrogens (tertiary/aromatic N) is 1. The second kappa shape index (κ2) is 6.81. The first-order valence-electron chi connectivity index (χ1n) is 8.47. The van der Waals surface area contributed by atoms with Crippen LogP contribution in [0.25, 0.3) is 11.3 Å². The number of halogens is 3. The third-order valence-corrected chi connectivity index (χ3v) is 5.35. The lowest BCUT2D eigenvalue weighted by atomic mass is 10.1. The summed E-state index contributed by atoms with van der Waals surface area (Å²) in [5.41, 5.74) is 2.94. The van der Waals surface area contributed by atoms with E-state index in [2.05, 4.69) is 22.4 Å². The minimum Gasteiger partial charge on any atom is -0.298 e. The molecule has 0 radical (unpaired) electrons. The number of alkyl halides is 3. The van der Waals surface area contributed by atoms with E-state index < -0.39 is 23.2 Å². The van der Waals surface area contributed by atoms with Gasteiger partial charge in [0.05, 0.1) is 16.8 Å². The molecule has 3 aromatic rings. The van der Waals surface area contributed by atoms with Crippen LogP contribution in [-0.2, 0) is 19.0 Å². The lowest BCUT2D eigenvalue weighted by molar-refractivity contribution is -0.137. The van der Waals surface area contributed by atoms with Crippen LogP contribution in [-0.4, -0.2) is 10.9 Å². The minimum absolute atomic E-state index is 0.271. The fourth-order valence-corrected chi connectivity index (χ4v) is 4.00. The topological polar surface area (TPSA) is 42.0 Å². The van der Waals surface area contributed by atoms with Crippen molar-refractivity contribution in [2.24, 2.45) is 0 Å². The average Bonchev–Trinajstić information content (AvgIpc) is 3.29. The maximum Gasteiger partial charge on any atom is 0.417 e. The molecule has 7 heteroatoms. The van der Waals surface area contributed by atoms with Gasteiger partial charge in [-0.1, -0.05) is 24.3 Å². The van der Waals surface area contributed by atoms with E-state index in [0.29, 0.717) is 5.69 Å². The maximum atomic E-state index is 13.1. The maximum absolute atomic E-state index is 13.1. The molecule has 0 unspecified atom stereocenters. The third kappa shape index (κ3) is 3.60. The smallest absolute Gasteiger partial charge is 0.298 e. The van der Waals surface area contributed by atoms with Crippen LogP contribution >= 0.6 is 11.3 Å². The van der Waals surface area contributed by atoms with Crippen molar-refractivity contribution in [2.75, 3.05) is 5.32 Å². The van der Waals surface area contributed by atoms with E-state index in [0.717, 1.165) is 37.0 Å². The molecule has 1 aliphatic rings. The largest absolute Gasteiger partial charge is 0.417 e. The average molecular weight is 388 g/mol. The monoisotopic (exact) mass is 388 g/mol. The van der Waals surface area contributed by atoms with Crippen LogP contribution in [0.3, 0.4) is 0 Å². The molecule has 1 aromatic heterocycles. The summed E-state index contributed by atoms with van der Waals surface area (Å²) >= 11 is 1.19. The number of thiazole rings is 1. The Kier molecular flexibility index (Phi) is 4.47. The van der Waals surface area contributed by atoms with Crippen molar-refractivity contribution in [3.8, 4) is 11.3 Å². The number of nitrogens with one attached hydrogen (secondary N) is 1. The van der Waals surface area contributed by atoms with E-state index in [1.165, 1.54) is 34.6 Å². The normalized spacial score (nSPS) is 13.4. The van der Waals surface area contributed by atoms with E-state index in [4.69, 9.17) is 0 Å². The van der Waals surface area contributed by atoms with Crippen LogP contribution in [0.2, 0.25) is 0 Å². The van der Waals surface area contributed by atoms with Crippen LogP contribution in [0.4, 0.5) is 18.3 Å². The zero-order valence-corrected chi connectivity index (χ0v) is 15.0. The van der Waals surface area contributed by atoms with Gasteiger partial charge in [-0.15, -0.1) is 11.3 Å². The second-order valence-electron chi connectivity index (χ2n) is 6.37. The van der Waals surface area contributed by atoms with Crippen molar-refractivity contribution in [2.45, 2.75) is 25.4 Å². The molecule has 0 saturated carbocycles. The van der Waals surface area contributed by atoms with Crippen LogP contribution < -0.4 is 5.32 Å². The Balaban J connectivity index is 1.56. The molecule has 0 atom stereocenters. The summed E-state index contributed by atoms with van der Waals surface area (Å²) in [6.45, 7) is 0. The molecular formula is C20H15F3N2OS. The van der Waals surface area contributed by atoms with E-state index in [1.54, 1.807) is 5.38 Å². The highest BCUT2D eigenvalue weighted by molar-refractivity contribution is 7.14. The van der Waals surface area contributed by atoms with Gasteiger partial charge in [-0.25, -0.2) is 4.98 Å². The second-order valence-corrected chi connectivity index (χ2v) is 7.23. The van der Waals surface area contributed by atoms with Gasteiger partial charge >= 0.3 is 6.18 Å². The summed E-state index contributed by atoms with van der Waals surface area (Å²) in [4.78, 5) is 16.7. The number of hydrogen-bond donors (Lipinski definition) is 1. The van der Waals surface area contributed by atoms with Gasteiger partial charge in [-0.3, -0.25) is 10.1 Å². The highest BCUT2D eigenvalue weighted by atomic mass is 32.1. The number of amides is 1. The SMILES string of the molecule is O=C(Nc1nc(-c2ccc3c(c2)CCC3)cs1)c1ccccc1C(F)(F)F. The number of fused-ring (bicyclic) bond motifs is 1. The standard InChI is InChI=1S/C20H15F3N2OS/c21-20(22,23)16-7-2-1-6-15(16)18(26)25-19-24-17(11-27-19)14-9-8-12-4-3-5-13(12)10-14/h1-2,6-11H,3-5H2,(H,24,25,26). The molecule has 1 heterocycles. The van der Waals surface area contributed by atoms with Gasteiger partial charge in [0.1, 0.15) is 0 Å². The molecular weight excluding hydrogens is 373 g/mol. The van der Waals surface area contributed by atoms with E-state index in [9.17, 15) is 18.0 Å². The fraction of sp³-hybridized carbons (Fsp3) is 0.200. The number of hydrogen-bond acceptors (Lipinski definition) is 3. The molecule has 1 N–H and O–H groups in total. The van der Waals surface area contributed by atoms with Crippen molar-refractivity contribution in [1.82, 2.24) is 4.98 Å². The molecule has 0 spiro atoms. The van der Waals surface area contributed by atoms with Crippen molar-refractivity contribution in [1.29, 1.82) is 0 Å². The van der Waals surface area contributed by atoms with Gasteiger partial charge in [-0.05, 0) is 48.6 Å². The molecule has 0 bridgehead atoms. The lowest BCUT2D eigenvalue weighted by Crippen LogP contribution is -2.18. The zero-order valence-electron chi connectivity index (χ0n) is 14.1. The van der Waals surface area contributed by atoms with Crippen molar-refractivity contribution >= 4 is 22.4 Å². The number of rotatable bonds is 3. The quantitative estimate of drug-likeness (QED) is 0.637. The van der Waals surface area contributed by atoms with Gasteiger partial charge < -0.3 is 0 Å². The molecule has 1 amide bonds. The number of anilines is 1. The minimum atomic E-state index is -4.59. The number of carbonyl (C=O) groups excluding carboxylic acids is 1. The Morgan fingerprint density at radius 1 is 1.07 bits per heavy atom. The number of carbonyl (C=O) groups is 1. The summed E-state index contributed by atoms with van der Waals surface area (Å²) in [6.07, 6.45) is -1.31. The summed E-state index contributed by atoms with van der Waals surface area (Å²) in [6, 6.07) is 10.9. The molecule has 138 valence electrons. The van der Waals surface area contributed by atoms with Crippen LogP contribution in [0.5, 0.6) is 0 Å². The van der Waals surface area contributed by atoms with E-state index >= 15 is 0 Å². The van der Waals surface area contributed by atoms with E-state index in [-0.39, 0.29) is 5.13 Å². The number of benzene rings is 2. The number of aromatic nitrogens is 1. The summed E-state index contributed by atoms with van der Waals surface area (Å²) in [5.74, 6) is -0.822. The summed E-state index contributed by atoms with van der Waals surface area (Å²) < 4.78 is 39.3. The Morgan fingerprint density at radius 3 is 2.67 bits per heavy atom. The van der Waals surface area contributed by atoms with Gasteiger partial charge in [0, 0.05) is 10.9 Å². The highest BCUT2D eigenvalue weighted by Gasteiger charge is 2.35. The molecule has 2 aromatic carbocycles. The van der Waals surface area contributed by atoms with Crippen molar-refractivity contribution in [3.63, 3.8) is 0 Å². The van der Waals surface area contributed by atoms with Gasteiger partial charge in [0.15, 0.2) is 5.13 Å². The Bertz CT molecular complexity index is 1010.